The van der Waals surface area contributed by atoms with Gasteiger partial charge in [0.15, 0.2) is 0 Å². The first-order valence-electron chi connectivity index (χ1n) is 10.7. The van der Waals surface area contributed by atoms with Crippen LogP contribution in [-0.4, -0.2) is 56.7 Å². The van der Waals surface area contributed by atoms with E-state index in [0.29, 0.717) is 18.7 Å². The van der Waals surface area contributed by atoms with E-state index >= 15 is 0 Å². The average Bonchev–Trinajstić information content (AvgIpc) is 3.16. The molecular weight excluding hydrogens is 458 g/mol. The van der Waals surface area contributed by atoms with E-state index in [1.807, 2.05) is 36.4 Å². The number of aromatic nitrogens is 1. The number of sulfonamides is 1. The van der Waals surface area contributed by atoms with Gasteiger partial charge in [-0.2, -0.15) is 0 Å². The number of ether oxygens (including phenoxy) is 2. The summed E-state index contributed by atoms with van der Waals surface area (Å²) in [5.41, 5.74) is 2.45. The van der Waals surface area contributed by atoms with Crippen LogP contribution >= 0.6 is 0 Å². The molecule has 1 heterocycles. The van der Waals surface area contributed by atoms with Crippen LogP contribution in [0.15, 0.2) is 54.6 Å². The lowest BCUT2D eigenvalue weighted by Crippen LogP contribution is -2.26. The molecule has 1 atom stereocenters. The molecule has 0 unspecified atom stereocenters. The van der Waals surface area contributed by atoms with E-state index in [1.54, 1.807) is 7.11 Å². The molecule has 0 aliphatic heterocycles. The Morgan fingerprint density at radius 2 is 1.68 bits per heavy atom. The van der Waals surface area contributed by atoms with E-state index in [1.165, 1.54) is 18.2 Å². The summed E-state index contributed by atoms with van der Waals surface area (Å²) < 4.78 is 36.2. The predicted octanol–water partition coefficient (Wildman–Crippen LogP) is 3.11. The number of nitrogens with one attached hydrogen (secondary N) is 3. The second-order valence-electron chi connectivity index (χ2n) is 7.96. The minimum atomic E-state index is -3.55. The molecule has 0 saturated heterocycles. The highest BCUT2D eigenvalue weighted by atomic mass is 32.2. The molecule has 0 spiro atoms. The Morgan fingerprint density at radius 1 is 1.00 bits per heavy atom. The van der Waals surface area contributed by atoms with Gasteiger partial charge >= 0.3 is 0 Å². The molecule has 0 saturated carbocycles. The summed E-state index contributed by atoms with van der Waals surface area (Å²) in [5.74, 6) is 1.30. The number of H-pyrrole nitrogens is 1. The Morgan fingerprint density at radius 3 is 2.35 bits per heavy atom. The predicted molar refractivity (Wildman–Crippen MR) is 132 cm³/mol. The number of rotatable bonds is 10. The average molecular weight is 486 g/mol. The second kappa shape index (κ2) is 9.80. The number of anilines is 1. The summed E-state index contributed by atoms with van der Waals surface area (Å²) in [6.07, 6.45) is 0.102. The summed E-state index contributed by atoms with van der Waals surface area (Å²) in [4.78, 5) is 3.38. The molecule has 4 aromatic rings. The molecule has 10 heteroatoms. The van der Waals surface area contributed by atoms with Gasteiger partial charge in [-0.15, -0.1) is 0 Å². The van der Waals surface area contributed by atoms with Crippen molar-refractivity contribution < 1.29 is 28.1 Å². The fraction of sp³-hybridized carbons (Fsp3) is 0.250. The number of aliphatic hydroxyl groups excluding tert-OH is 1. The Balaban J connectivity index is 1.30. The number of phenols is 1. The Kier molecular flexibility index (Phi) is 6.82. The monoisotopic (exact) mass is 485 g/mol. The number of methoxy groups -OCH3 is 1. The van der Waals surface area contributed by atoms with Crippen molar-refractivity contribution in [3.8, 4) is 17.2 Å². The zero-order valence-electron chi connectivity index (χ0n) is 18.8. The maximum Gasteiger partial charge on any atom is 0.229 e. The number of hydrogen-bond donors (Lipinski definition) is 5. The number of aliphatic hydroxyl groups is 1. The van der Waals surface area contributed by atoms with E-state index in [4.69, 9.17) is 9.47 Å². The van der Waals surface area contributed by atoms with Gasteiger partial charge in [-0.3, -0.25) is 4.72 Å². The van der Waals surface area contributed by atoms with Crippen LogP contribution in [0.2, 0.25) is 0 Å². The first-order valence-corrected chi connectivity index (χ1v) is 12.5. The largest absolute Gasteiger partial charge is 0.506 e. The van der Waals surface area contributed by atoms with Crippen LogP contribution in [0.4, 0.5) is 5.69 Å². The lowest BCUT2D eigenvalue weighted by Gasteiger charge is -2.15. The van der Waals surface area contributed by atoms with Crippen molar-refractivity contribution in [1.82, 2.24) is 10.3 Å². The molecule has 9 nitrogen and oxygen atoms in total. The minimum absolute atomic E-state index is 0.0215. The highest BCUT2D eigenvalue weighted by Gasteiger charge is 2.13. The highest BCUT2D eigenvalue weighted by molar-refractivity contribution is 7.92. The SMILES string of the molecule is COc1ccc2c(c1)[nH]c1cc(OCCNC[C@@H](O)c3ccc(O)c(NS(C)(=O)=O)c3)ccc12. The van der Waals surface area contributed by atoms with E-state index < -0.39 is 16.1 Å². The number of benzene rings is 3. The normalized spacial score (nSPS) is 12.7. The summed E-state index contributed by atoms with van der Waals surface area (Å²) in [6, 6.07) is 16.1. The van der Waals surface area contributed by atoms with Crippen molar-refractivity contribution in [2.24, 2.45) is 0 Å². The molecule has 0 aliphatic carbocycles. The van der Waals surface area contributed by atoms with Crippen molar-refractivity contribution in [1.29, 1.82) is 0 Å². The van der Waals surface area contributed by atoms with Gasteiger partial charge in [0.05, 0.1) is 36.2 Å². The highest BCUT2D eigenvalue weighted by Crippen LogP contribution is 2.31. The van der Waals surface area contributed by atoms with Gasteiger partial charge < -0.3 is 30.0 Å². The van der Waals surface area contributed by atoms with Gasteiger partial charge in [-0.25, -0.2) is 8.42 Å². The van der Waals surface area contributed by atoms with Gasteiger partial charge in [0.1, 0.15) is 23.9 Å². The molecule has 5 N–H and O–H groups in total. The van der Waals surface area contributed by atoms with Crippen LogP contribution in [0.1, 0.15) is 11.7 Å². The fourth-order valence-corrected chi connectivity index (χ4v) is 4.29. The standard InChI is InChI=1S/C24H27N3O6S/c1-32-16-4-6-18-19-7-5-17(13-21(19)26-20(18)12-16)33-10-9-25-14-24(29)15-3-8-23(28)22(11-15)27-34(2,30)31/h3-8,11-13,24-29H,9-10,14H2,1-2H3/t24-/m1/s1. The Bertz CT molecular complexity index is 1420. The van der Waals surface area contributed by atoms with Crippen molar-refractivity contribution >= 4 is 37.5 Å². The van der Waals surface area contributed by atoms with Crippen LogP contribution < -0.4 is 19.5 Å². The van der Waals surface area contributed by atoms with Crippen LogP contribution in [0, 0.1) is 0 Å². The number of hydrogen-bond acceptors (Lipinski definition) is 7. The van der Waals surface area contributed by atoms with Crippen molar-refractivity contribution in [2.45, 2.75) is 6.10 Å². The van der Waals surface area contributed by atoms with Gasteiger partial charge in [-0.05, 0) is 42.0 Å². The summed E-state index contributed by atoms with van der Waals surface area (Å²) >= 11 is 0. The van der Waals surface area contributed by atoms with E-state index in [2.05, 4.69) is 15.0 Å². The van der Waals surface area contributed by atoms with Crippen LogP contribution in [-0.2, 0) is 10.0 Å². The van der Waals surface area contributed by atoms with Crippen LogP contribution in [0.3, 0.4) is 0 Å². The number of fused-ring (bicyclic) bond motifs is 3. The van der Waals surface area contributed by atoms with Crippen molar-refractivity contribution in [3.63, 3.8) is 0 Å². The fourth-order valence-electron chi connectivity index (χ4n) is 3.73. The number of aromatic hydroxyl groups is 1. The topological polar surface area (TPSA) is 133 Å². The minimum Gasteiger partial charge on any atom is -0.506 e. The van der Waals surface area contributed by atoms with E-state index in [9.17, 15) is 18.6 Å². The second-order valence-corrected chi connectivity index (χ2v) is 9.71. The third kappa shape index (κ3) is 5.53. The van der Waals surface area contributed by atoms with Gasteiger partial charge in [0.2, 0.25) is 10.0 Å². The van der Waals surface area contributed by atoms with Crippen molar-refractivity contribution in [2.75, 3.05) is 37.8 Å². The maximum absolute atomic E-state index is 11.4. The summed E-state index contributed by atoms with van der Waals surface area (Å²) in [6.45, 7) is 1.11. The molecule has 180 valence electrons. The van der Waals surface area contributed by atoms with E-state index in [-0.39, 0.29) is 18.0 Å². The molecule has 0 amide bonds. The molecule has 4 rings (SSSR count). The lowest BCUT2D eigenvalue weighted by atomic mass is 10.1. The third-order valence-corrected chi connectivity index (χ3v) is 5.95. The van der Waals surface area contributed by atoms with Gasteiger partial charge in [0.25, 0.3) is 0 Å². The smallest absolute Gasteiger partial charge is 0.229 e. The lowest BCUT2D eigenvalue weighted by molar-refractivity contribution is 0.172. The third-order valence-electron chi connectivity index (χ3n) is 5.36. The number of aromatic amines is 1. The Labute approximate surface area is 197 Å². The number of phenolic OH excluding ortho intramolecular Hbond substituents is 1. The summed E-state index contributed by atoms with van der Waals surface area (Å²) in [7, 11) is -1.91. The van der Waals surface area contributed by atoms with Crippen LogP contribution in [0.25, 0.3) is 21.8 Å². The first kappa shape index (κ1) is 23.7. The molecule has 0 radical (unpaired) electrons. The molecule has 0 fully saturated rings. The molecule has 0 aliphatic rings. The first-order chi connectivity index (χ1) is 16.2. The zero-order valence-corrected chi connectivity index (χ0v) is 19.6. The molecule has 1 aromatic heterocycles. The summed E-state index contributed by atoms with van der Waals surface area (Å²) in [5, 5.41) is 25.5. The van der Waals surface area contributed by atoms with E-state index in [0.717, 1.165) is 39.6 Å². The van der Waals surface area contributed by atoms with Crippen molar-refractivity contribution in [3.05, 3.63) is 60.2 Å². The van der Waals surface area contributed by atoms with Gasteiger partial charge in [0, 0.05) is 36.0 Å². The molecule has 34 heavy (non-hydrogen) atoms. The zero-order chi connectivity index (χ0) is 24.3. The Hall–Kier alpha value is -3.47. The van der Waals surface area contributed by atoms with Crippen LogP contribution in [0.5, 0.6) is 17.2 Å². The molecule has 3 aromatic carbocycles. The van der Waals surface area contributed by atoms with Gasteiger partial charge in [-0.1, -0.05) is 6.07 Å². The quantitative estimate of drug-likeness (QED) is 0.172. The molecule has 0 bridgehead atoms. The molecular formula is C24H27N3O6S. The maximum atomic E-state index is 11.4.